The number of rotatable bonds is 7. The molecule has 0 aromatic heterocycles. The van der Waals surface area contributed by atoms with Crippen molar-refractivity contribution in [2.75, 3.05) is 20.2 Å². The Balaban J connectivity index is 2.54. The van der Waals surface area contributed by atoms with Crippen molar-refractivity contribution in [3.05, 3.63) is 29.3 Å². The molecule has 0 aliphatic heterocycles. The van der Waals surface area contributed by atoms with E-state index in [0.717, 1.165) is 31.7 Å². The lowest BCUT2D eigenvalue weighted by atomic mass is 10.0. The van der Waals surface area contributed by atoms with E-state index in [1.807, 2.05) is 13.8 Å². The number of hydrogen-bond donors (Lipinski definition) is 2. The number of benzene rings is 1. The van der Waals surface area contributed by atoms with Crippen LogP contribution < -0.4 is 15.8 Å². The zero-order chi connectivity index (χ0) is 13.6. The predicted molar refractivity (Wildman–Crippen MR) is 77.2 cm³/mol. The fourth-order valence-corrected chi connectivity index (χ4v) is 1.88. The lowest BCUT2D eigenvalue weighted by molar-refractivity contribution is 0.408. The van der Waals surface area contributed by atoms with Gasteiger partial charge in [0.25, 0.3) is 0 Å². The van der Waals surface area contributed by atoms with E-state index in [1.165, 1.54) is 11.1 Å². The van der Waals surface area contributed by atoms with Crippen molar-refractivity contribution in [2.24, 2.45) is 5.73 Å². The monoisotopic (exact) mass is 250 g/mol. The summed E-state index contributed by atoms with van der Waals surface area (Å²) >= 11 is 0. The van der Waals surface area contributed by atoms with Crippen LogP contribution in [0, 0.1) is 0 Å². The Kier molecular flexibility index (Phi) is 5.63. The molecular formula is C15H26N2O. The van der Waals surface area contributed by atoms with Gasteiger partial charge in [-0.05, 0) is 50.4 Å². The van der Waals surface area contributed by atoms with Crippen LogP contribution in [0.1, 0.15) is 31.9 Å². The van der Waals surface area contributed by atoms with Gasteiger partial charge in [-0.25, -0.2) is 0 Å². The molecule has 0 fully saturated rings. The van der Waals surface area contributed by atoms with Crippen LogP contribution in [0.25, 0.3) is 0 Å². The summed E-state index contributed by atoms with van der Waals surface area (Å²) in [6.07, 6.45) is 2.02. The highest BCUT2D eigenvalue weighted by Crippen LogP contribution is 2.20. The third kappa shape index (κ3) is 5.07. The van der Waals surface area contributed by atoms with Crippen LogP contribution in [-0.4, -0.2) is 25.7 Å². The van der Waals surface area contributed by atoms with E-state index in [2.05, 4.69) is 30.4 Å². The number of aryl methyl sites for hydroxylation is 1. The summed E-state index contributed by atoms with van der Waals surface area (Å²) in [6, 6.07) is 6.41. The van der Waals surface area contributed by atoms with Gasteiger partial charge in [-0.2, -0.15) is 0 Å². The minimum absolute atomic E-state index is 0.157. The quantitative estimate of drug-likeness (QED) is 0.729. The van der Waals surface area contributed by atoms with Gasteiger partial charge in [0.05, 0.1) is 7.11 Å². The molecule has 102 valence electrons. The molecule has 0 atom stereocenters. The minimum Gasteiger partial charge on any atom is -0.496 e. The van der Waals surface area contributed by atoms with E-state index >= 15 is 0 Å². The smallest absolute Gasteiger partial charge is 0.122 e. The molecule has 0 aliphatic rings. The van der Waals surface area contributed by atoms with Gasteiger partial charge in [-0.1, -0.05) is 19.1 Å². The van der Waals surface area contributed by atoms with Gasteiger partial charge in [0, 0.05) is 12.1 Å². The van der Waals surface area contributed by atoms with Gasteiger partial charge in [-0.3, -0.25) is 0 Å². The van der Waals surface area contributed by atoms with Crippen LogP contribution in [0.15, 0.2) is 18.2 Å². The van der Waals surface area contributed by atoms with Gasteiger partial charge in [0.1, 0.15) is 5.75 Å². The maximum absolute atomic E-state index is 5.93. The van der Waals surface area contributed by atoms with Crippen LogP contribution >= 0.6 is 0 Å². The molecular weight excluding hydrogens is 224 g/mol. The SMILES string of the molecule is CCc1ccc(OC)c(CCNCC(C)(C)N)c1. The second kappa shape index (κ2) is 6.76. The standard InChI is InChI=1S/C15H26N2O/c1-5-12-6-7-14(18-4)13(10-12)8-9-17-11-15(2,3)16/h6-7,10,17H,5,8-9,11,16H2,1-4H3. The summed E-state index contributed by atoms with van der Waals surface area (Å²) < 4.78 is 5.39. The normalized spacial score (nSPS) is 11.6. The molecule has 0 bridgehead atoms. The van der Waals surface area contributed by atoms with Gasteiger partial charge in [0.2, 0.25) is 0 Å². The number of hydrogen-bond acceptors (Lipinski definition) is 3. The average Bonchev–Trinajstić information content (AvgIpc) is 2.33. The first-order chi connectivity index (χ1) is 8.46. The summed E-state index contributed by atoms with van der Waals surface area (Å²) in [6.45, 7) is 7.96. The third-order valence-electron chi connectivity index (χ3n) is 2.90. The second-order valence-corrected chi connectivity index (χ2v) is 5.42. The van der Waals surface area contributed by atoms with Gasteiger partial charge >= 0.3 is 0 Å². The van der Waals surface area contributed by atoms with Crippen LogP contribution in [0.5, 0.6) is 5.75 Å². The summed E-state index contributed by atoms with van der Waals surface area (Å²) in [5, 5.41) is 3.38. The molecule has 0 spiro atoms. The van der Waals surface area contributed by atoms with Gasteiger partial charge in [-0.15, -0.1) is 0 Å². The maximum Gasteiger partial charge on any atom is 0.122 e. The van der Waals surface area contributed by atoms with Gasteiger partial charge in [0.15, 0.2) is 0 Å². The predicted octanol–water partition coefficient (Wildman–Crippen LogP) is 2.13. The van der Waals surface area contributed by atoms with Crippen molar-refractivity contribution in [1.82, 2.24) is 5.32 Å². The summed E-state index contributed by atoms with van der Waals surface area (Å²) in [4.78, 5) is 0. The topological polar surface area (TPSA) is 47.3 Å². The van der Waals surface area contributed by atoms with Crippen molar-refractivity contribution in [2.45, 2.75) is 39.2 Å². The molecule has 0 saturated heterocycles. The molecule has 0 amide bonds. The summed E-state index contributed by atoms with van der Waals surface area (Å²) in [5.41, 5.74) is 8.39. The Morgan fingerprint density at radius 3 is 2.61 bits per heavy atom. The Hall–Kier alpha value is -1.06. The molecule has 0 saturated carbocycles. The van der Waals surface area contributed by atoms with Crippen LogP contribution in [0.4, 0.5) is 0 Å². The molecule has 3 heteroatoms. The van der Waals surface area contributed by atoms with Crippen molar-refractivity contribution in [3.8, 4) is 5.75 Å². The van der Waals surface area contributed by atoms with Crippen LogP contribution in [0.3, 0.4) is 0 Å². The largest absolute Gasteiger partial charge is 0.496 e. The highest BCUT2D eigenvalue weighted by molar-refractivity contribution is 5.37. The molecule has 0 radical (unpaired) electrons. The molecule has 1 aromatic rings. The third-order valence-corrected chi connectivity index (χ3v) is 2.90. The summed E-state index contributed by atoms with van der Waals surface area (Å²) in [7, 11) is 1.72. The van der Waals surface area contributed by atoms with E-state index in [9.17, 15) is 0 Å². The van der Waals surface area contributed by atoms with E-state index in [-0.39, 0.29) is 5.54 Å². The number of ether oxygens (including phenoxy) is 1. The molecule has 3 N–H and O–H groups in total. The maximum atomic E-state index is 5.93. The number of nitrogens with one attached hydrogen (secondary N) is 1. The lowest BCUT2D eigenvalue weighted by Crippen LogP contribution is -2.43. The van der Waals surface area contributed by atoms with Crippen molar-refractivity contribution in [1.29, 1.82) is 0 Å². The summed E-state index contributed by atoms with van der Waals surface area (Å²) in [5.74, 6) is 0.973. The molecule has 18 heavy (non-hydrogen) atoms. The van der Waals surface area contributed by atoms with Crippen LogP contribution in [0.2, 0.25) is 0 Å². The zero-order valence-electron chi connectivity index (χ0n) is 12.0. The fourth-order valence-electron chi connectivity index (χ4n) is 1.88. The molecule has 3 nitrogen and oxygen atoms in total. The highest BCUT2D eigenvalue weighted by Gasteiger charge is 2.09. The van der Waals surface area contributed by atoms with Crippen molar-refractivity contribution >= 4 is 0 Å². The van der Waals surface area contributed by atoms with Gasteiger partial charge < -0.3 is 15.8 Å². The number of nitrogens with two attached hydrogens (primary N) is 1. The zero-order valence-corrected chi connectivity index (χ0v) is 12.0. The van der Waals surface area contributed by atoms with Crippen LogP contribution in [-0.2, 0) is 12.8 Å². The molecule has 0 heterocycles. The second-order valence-electron chi connectivity index (χ2n) is 5.42. The Morgan fingerprint density at radius 2 is 2.06 bits per heavy atom. The Bertz CT molecular complexity index is 369. The Labute approximate surface area is 111 Å². The number of methoxy groups -OCH3 is 1. The fraction of sp³-hybridized carbons (Fsp3) is 0.600. The van der Waals surface area contributed by atoms with Crippen molar-refractivity contribution in [3.63, 3.8) is 0 Å². The first kappa shape index (κ1) is 15.0. The van der Waals surface area contributed by atoms with Crippen molar-refractivity contribution < 1.29 is 4.74 Å². The molecule has 1 rings (SSSR count). The molecule has 0 aliphatic carbocycles. The Morgan fingerprint density at radius 1 is 1.33 bits per heavy atom. The first-order valence-corrected chi connectivity index (χ1v) is 6.61. The van der Waals surface area contributed by atoms with E-state index in [0.29, 0.717) is 0 Å². The highest BCUT2D eigenvalue weighted by atomic mass is 16.5. The molecule has 1 aromatic carbocycles. The lowest BCUT2D eigenvalue weighted by Gasteiger charge is -2.19. The molecule has 0 unspecified atom stereocenters. The average molecular weight is 250 g/mol. The van der Waals surface area contributed by atoms with E-state index < -0.39 is 0 Å². The minimum atomic E-state index is -0.157. The van der Waals surface area contributed by atoms with E-state index in [4.69, 9.17) is 10.5 Å². The van der Waals surface area contributed by atoms with E-state index in [1.54, 1.807) is 7.11 Å². The first-order valence-electron chi connectivity index (χ1n) is 6.61.